The molecule has 1 amide bonds. The average molecular weight is 392 g/mol. The van der Waals surface area contributed by atoms with E-state index < -0.39 is 33.2 Å². The molecule has 1 aliphatic rings. The third-order valence-corrected chi connectivity index (χ3v) is 6.36. The lowest BCUT2D eigenvalue weighted by molar-refractivity contribution is 0.0697. The van der Waals surface area contributed by atoms with Gasteiger partial charge in [-0.25, -0.2) is 8.42 Å². The summed E-state index contributed by atoms with van der Waals surface area (Å²) in [5.74, 6) is -2.35. The fraction of sp³-hybridized carbons (Fsp3) is 0.278. The maximum absolute atomic E-state index is 12.7. The Morgan fingerprint density at radius 2 is 1.56 bits per heavy atom. The number of sulfonamides is 1. The SMILES string of the molecule is Cc1cccc(S(=O)(=O)N2CCN(C(=O)c3cc(O)c(O)c(O)c3)CC2)c1. The van der Waals surface area contributed by atoms with Crippen LogP contribution < -0.4 is 0 Å². The van der Waals surface area contributed by atoms with Crippen LogP contribution >= 0.6 is 0 Å². The number of benzene rings is 2. The van der Waals surface area contributed by atoms with E-state index in [1.165, 1.54) is 9.21 Å². The topological polar surface area (TPSA) is 118 Å². The minimum Gasteiger partial charge on any atom is -0.504 e. The van der Waals surface area contributed by atoms with Crippen molar-refractivity contribution >= 4 is 15.9 Å². The zero-order valence-electron chi connectivity index (χ0n) is 14.7. The molecular formula is C18H20N2O6S. The number of aryl methyl sites for hydroxylation is 1. The molecule has 2 aromatic rings. The highest BCUT2D eigenvalue weighted by atomic mass is 32.2. The van der Waals surface area contributed by atoms with Gasteiger partial charge in [-0.2, -0.15) is 4.31 Å². The van der Waals surface area contributed by atoms with Crippen LogP contribution in [0.2, 0.25) is 0 Å². The van der Waals surface area contributed by atoms with Crippen molar-refractivity contribution in [3.63, 3.8) is 0 Å². The van der Waals surface area contributed by atoms with Crippen molar-refractivity contribution < 1.29 is 28.5 Å². The Kier molecular flexibility index (Phi) is 4.99. The predicted molar refractivity (Wildman–Crippen MR) is 97.3 cm³/mol. The van der Waals surface area contributed by atoms with E-state index in [1.54, 1.807) is 18.2 Å². The number of aromatic hydroxyl groups is 3. The molecule has 3 rings (SSSR count). The van der Waals surface area contributed by atoms with Crippen LogP contribution in [0, 0.1) is 6.92 Å². The normalized spacial score (nSPS) is 15.7. The first-order valence-electron chi connectivity index (χ1n) is 8.31. The van der Waals surface area contributed by atoms with E-state index in [4.69, 9.17) is 0 Å². The van der Waals surface area contributed by atoms with Crippen LogP contribution in [0.3, 0.4) is 0 Å². The minimum absolute atomic E-state index is 0.0118. The Morgan fingerprint density at radius 3 is 2.11 bits per heavy atom. The lowest BCUT2D eigenvalue weighted by atomic mass is 10.1. The fourth-order valence-electron chi connectivity index (χ4n) is 2.97. The quantitative estimate of drug-likeness (QED) is 0.677. The van der Waals surface area contributed by atoms with E-state index in [2.05, 4.69) is 0 Å². The Labute approximate surface area is 156 Å². The highest BCUT2D eigenvalue weighted by molar-refractivity contribution is 7.89. The maximum Gasteiger partial charge on any atom is 0.254 e. The summed E-state index contributed by atoms with van der Waals surface area (Å²) in [5.41, 5.74) is 0.856. The second-order valence-electron chi connectivity index (χ2n) is 6.38. The number of phenolic OH excluding ortho intramolecular Hbond substituents is 3. The van der Waals surface area contributed by atoms with E-state index >= 15 is 0 Å². The zero-order chi connectivity index (χ0) is 19.8. The molecule has 27 heavy (non-hydrogen) atoms. The highest BCUT2D eigenvalue weighted by Gasteiger charge is 2.31. The molecule has 8 nitrogen and oxygen atoms in total. The Bertz CT molecular complexity index is 958. The summed E-state index contributed by atoms with van der Waals surface area (Å²) in [6.45, 7) is 2.44. The number of amides is 1. The van der Waals surface area contributed by atoms with Gasteiger partial charge >= 0.3 is 0 Å². The Balaban J connectivity index is 1.73. The summed E-state index contributed by atoms with van der Waals surface area (Å²) in [5, 5.41) is 28.5. The number of rotatable bonds is 3. The lowest BCUT2D eigenvalue weighted by Gasteiger charge is -2.34. The number of piperazine rings is 1. The third-order valence-electron chi connectivity index (χ3n) is 4.47. The Hall–Kier alpha value is -2.78. The molecule has 1 saturated heterocycles. The van der Waals surface area contributed by atoms with Crippen molar-refractivity contribution in [1.29, 1.82) is 0 Å². The van der Waals surface area contributed by atoms with Gasteiger partial charge in [0, 0.05) is 31.7 Å². The Morgan fingerprint density at radius 1 is 0.963 bits per heavy atom. The van der Waals surface area contributed by atoms with Gasteiger partial charge in [0.25, 0.3) is 5.91 Å². The molecule has 1 heterocycles. The number of carbonyl (C=O) groups excluding carboxylic acids is 1. The van der Waals surface area contributed by atoms with Crippen LogP contribution in [0.15, 0.2) is 41.3 Å². The van der Waals surface area contributed by atoms with Crippen LogP contribution in [0.4, 0.5) is 0 Å². The molecule has 0 spiro atoms. The summed E-state index contributed by atoms with van der Waals surface area (Å²) in [4.78, 5) is 14.2. The first-order valence-corrected chi connectivity index (χ1v) is 9.75. The van der Waals surface area contributed by atoms with Gasteiger partial charge < -0.3 is 20.2 Å². The highest BCUT2D eigenvalue weighted by Crippen LogP contribution is 2.35. The van der Waals surface area contributed by atoms with Crippen molar-refractivity contribution in [2.24, 2.45) is 0 Å². The molecule has 1 fully saturated rings. The van der Waals surface area contributed by atoms with Crippen molar-refractivity contribution in [3.05, 3.63) is 47.5 Å². The second kappa shape index (κ2) is 7.09. The predicted octanol–water partition coefficient (Wildman–Crippen LogP) is 1.26. The largest absolute Gasteiger partial charge is 0.504 e. The van der Waals surface area contributed by atoms with Crippen molar-refractivity contribution in [1.82, 2.24) is 9.21 Å². The molecule has 0 bridgehead atoms. The summed E-state index contributed by atoms with van der Waals surface area (Å²) in [6, 6.07) is 8.78. The summed E-state index contributed by atoms with van der Waals surface area (Å²) in [6.07, 6.45) is 0. The molecule has 1 aliphatic heterocycles. The van der Waals surface area contributed by atoms with E-state index in [1.807, 2.05) is 13.0 Å². The number of hydrogen-bond acceptors (Lipinski definition) is 6. The zero-order valence-corrected chi connectivity index (χ0v) is 15.5. The first-order chi connectivity index (χ1) is 12.7. The van der Waals surface area contributed by atoms with Crippen LogP contribution in [-0.2, 0) is 10.0 Å². The van der Waals surface area contributed by atoms with Gasteiger partial charge in [-0.3, -0.25) is 4.79 Å². The van der Waals surface area contributed by atoms with Crippen LogP contribution in [0.1, 0.15) is 15.9 Å². The van der Waals surface area contributed by atoms with Crippen LogP contribution in [-0.4, -0.2) is 65.0 Å². The van der Waals surface area contributed by atoms with E-state index in [-0.39, 0.29) is 36.6 Å². The molecule has 0 radical (unpaired) electrons. The van der Waals surface area contributed by atoms with Gasteiger partial charge in [-0.15, -0.1) is 0 Å². The smallest absolute Gasteiger partial charge is 0.254 e. The number of hydrogen-bond donors (Lipinski definition) is 3. The summed E-state index contributed by atoms with van der Waals surface area (Å²) < 4.78 is 26.8. The molecule has 0 aromatic heterocycles. The first kappa shape index (κ1) is 19.0. The molecular weight excluding hydrogens is 372 g/mol. The van der Waals surface area contributed by atoms with Gasteiger partial charge in [0.15, 0.2) is 17.2 Å². The van der Waals surface area contributed by atoms with Crippen molar-refractivity contribution in [3.8, 4) is 17.2 Å². The number of carbonyl (C=O) groups is 1. The van der Waals surface area contributed by atoms with Crippen molar-refractivity contribution in [2.45, 2.75) is 11.8 Å². The van der Waals surface area contributed by atoms with Gasteiger partial charge in [0.05, 0.1) is 4.90 Å². The van der Waals surface area contributed by atoms with Gasteiger partial charge in [-0.1, -0.05) is 12.1 Å². The molecule has 0 aliphatic carbocycles. The van der Waals surface area contributed by atoms with Gasteiger partial charge in [0.2, 0.25) is 10.0 Å². The monoisotopic (exact) mass is 392 g/mol. The minimum atomic E-state index is -3.64. The fourth-order valence-corrected chi connectivity index (χ4v) is 4.49. The second-order valence-corrected chi connectivity index (χ2v) is 8.31. The number of nitrogens with zero attached hydrogens (tertiary/aromatic N) is 2. The maximum atomic E-state index is 12.7. The summed E-state index contributed by atoms with van der Waals surface area (Å²) in [7, 11) is -3.64. The number of phenols is 3. The van der Waals surface area contributed by atoms with Crippen LogP contribution in [0.5, 0.6) is 17.2 Å². The molecule has 144 valence electrons. The van der Waals surface area contributed by atoms with E-state index in [0.717, 1.165) is 17.7 Å². The molecule has 0 unspecified atom stereocenters. The molecule has 9 heteroatoms. The average Bonchev–Trinajstić information content (AvgIpc) is 2.65. The van der Waals surface area contributed by atoms with E-state index in [0.29, 0.717) is 0 Å². The standard InChI is InChI=1S/C18H20N2O6S/c1-12-3-2-4-14(9-12)27(25,26)20-7-5-19(6-8-20)18(24)13-10-15(21)17(23)16(22)11-13/h2-4,9-11,21-23H,5-8H2,1H3. The molecule has 2 aromatic carbocycles. The molecule has 0 atom stereocenters. The lowest BCUT2D eigenvalue weighted by Crippen LogP contribution is -2.50. The third kappa shape index (κ3) is 3.69. The van der Waals surface area contributed by atoms with Crippen molar-refractivity contribution in [2.75, 3.05) is 26.2 Å². The van der Waals surface area contributed by atoms with E-state index in [9.17, 15) is 28.5 Å². The van der Waals surface area contributed by atoms with Crippen LogP contribution in [0.25, 0.3) is 0 Å². The van der Waals surface area contributed by atoms with Gasteiger partial charge in [0.1, 0.15) is 0 Å². The molecule has 0 saturated carbocycles. The van der Waals surface area contributed by atoms with Gasteiger partial charge in [-0.05, 0) is 36.8 Å². The summed E-state index contributed by atoms with van der Waals surface area (Å²) >= 11 is 0. The molecule has 3 N–H and O–H groups in total.